The Morgan fingerprint density at radius 2 is 1.68 bits per heavy atom. The molecular weight excluding hydrogens is 348 g/mol. The molecule has 28 heavy (non-hydrogen) atoms. The average Bonchev–Trinajstić information content (AvgIpc) is 3.17. The summed E-state index contributed by atoms with van der Waals surface area (Å²) < 4.78 is 3.69. The van der Waals surface area contributed by atoms with Crippen LogP contribution in [0.5, 0.6) is 0 Å². The topological polar surface area (TPSA) is 63.6 Å². The Kier molecular flexibility index (Phi) is 4.85. The van der Waals surface area contributed by atoms with Gasteiger partial charge in [-0.25, -0.2) is 4.98 Å². The Hall–Kier alpha value is -3.91. The average molecular weight is 366 g/mol. The number of nitrogens with zero attached hydrogens (tertiary/aromatic N) is 4. The van der Waals surface area contributed by atoms with E-state index in [1.807, 2.05) is 59.3 Å². The molecule has 4 aromatic rings. The molecule has 0 aliphatic rings. The van der Waals surface area contributed by atoms with Crippen LogP contribution in [0, 0.1) is 11.3 Å². The van der Waals surface area contributed by atoms with Gasteiger partial charge in [0.1, 0.15) is 0 Å². The Bertz CT molecular complexity index is 1180. The fourth-order valence-electron chi connectivity index (χ4n) is 3.13. The summed E-state index contributed by atoms with van der Waals surface area (Å²) in [6.45, 7) is 1.09. The van der Waals surface area contributed by atoms with Crippen LogP contribution in [0.1, 0.15) is 16.8 Å². The van der Waals surface area contributed by atoms with Gasteiger partial charge in [-0.3, -0.25) is 4.79 Å². The van der Waals surface area contributed by atoms with Gasteiger partial charge >= 0.3 is 0 Å². The summed E-state index contributed by atoms with van der Waals surface area (Å²) in [5.41, 5.74) is 4.54. The summed E-state index contributed by atoms with van der Waals surface area (Å²) in [5, 5.41) is 8.91. The van der Waals surface area contributed by atoms with E-state index >= 15 is 0 Å². The normalized spacial score (nSPS) is 10.5. The number of benzene rings is 2. The molecule has 0 bridgehead atoms. The van der Waals surface area contributed by atoms with Crippen LogP contribution in [0.2, 0.25) is 0 Å². The summed E-state index contributed by atoms with van der Waals surface area (Å²) in [7, 11) is 0. The maximum atomic E-state index is 12.6. The van der Waals surface area contributed by atoms with Gasteiger partial charge in [0.2, 0.25) is 0 Å². The molecule has 2 aromatic heterocycles. The molecule has 0 N–H and O–H groups in total. The standard InChI is InChI=1S/C23H18N4O/c24-13-18-6-8-19(9-7-18)15-27-17-25-14-22(27)16-26-11-10-21(12-23(26)28)20-4-2-1-3-5-20/h1-12,14,17H,15-16H2. The van der Waals surface area contributed by atoms with Crippen molar-refractivity contribution in [3.63, 3.8) is 0 Å². The zero-order valence-electron chi connectivity index (χ0n) is 15.2. The molecule has 0 saturated heterocycles. The predicted molar refractivity (Wildman–Crippen MR) is 108 cm³/mol. The van der Waals surface area contributed by atoms with Gasteiger partial charge < -0.3 is 9.13 Å². The Morgan fingerprint density at radius 3 is 2.39 bits per heavy atom. The van der Waals surface area contributed by atoms with E-state index < -0.39 is 0 Å². The largest absolute Gasteiger partial charge is 0.328 e. The summed E-state index contributed by atoms with van der Waals surface area (Å²) in [5.74, 6) is 0. The van der Waals surface area contributed by atoms with Crippen LogP contribution >= 0.6 is 0 Å². The van der Waals surface area contributed by atoms with Crippen molar-refractivity contribution >= 4 is 0 Å². The number of nitriles is 1. The minimum absolute atomic E-state index is 0.0486. The monoisotopic (exact) mass is 366 g/mol. The van der Waals surface area contributed by atoms with Crippen molar-refractivity contribution in [1.82, 2.24) is 14.1 Å². The Balaban J connectivity index is 1.54. The number of imidazole rings is 1. The van der Waals surface area contributed by atoms with Crippen LogP contribution < -0.4 is 5.56 Å². The zero-order valence-corrected chi connectivity index (χ0v) is 15.2. The number of hydrogen-bond donors (Lipinski definition) is 0. The molecule has 5 nitrogen and oxygen atoms in total. The van der Waals surface area contributed by atoms with E-state index in [9.17, 15) is 4.79 Å². The third kappa shape index (κ3) is 3.76. The summed E-state index contributed by atoms with van der Waals surface area (Å²) >= 11 is 0. The van der Waals surface area contributed by atoms with Crippen molar-refractivity contribution in [2.75, 3.05) is 0 Å². The lowest BCUT2D eigenvalue weighted by Gasteiger charge is -2.11. The van der Waals surface area contributed by atoms with Gasteiger partial charge in [-0.15, -0.1) is 0 Å². The predicted octanol–water partition coefficient (Wildman–Crippen LogP) is 3.68. The van der Waals surface area contributed by atoms with Crippen molar-refractivity contribution in [2.45, 2.75) is 13.1 Å². The Labute approximate surface area is 162 Å². The molecule has 4 rings (SSSR count). The van der Waals surface area contributed by atoms with Crippen LogP contribution in [-0.2, 0) is 13.1 Å². The second-order valence-corrected chi connectivity index (χ2v) is 6.57. The van der Waals surface area contributed by atoms with E-state index in [2.05, 4.69) is 11.1 Å². The summed E-state index contributed by atoms with van der Waals surface area (Å²) in [6.07, 6.45) is 5.36. The second kappa shape index (κ2) is 7.77. The van der Waals surface area contributed by atoms with Crippen molar-refractivity contribution in [3.05, 3.63) is 113 Å². The van der Waals surface area contributed by atoms with Gasteiger partial charge in [0.05, 0.1) is 30.2 Å². The molecule has 136 valence electrons. The van der Waals surface area contributed by atoms with Gasteiger partial charge in [0.15, 0.2) is 0 Å². The first-order valence-corrected chi connectivity index (χ1v) is 8.97. The van der Waals surface area contributed by atoms with Gasteiger partial charge in [-0.2, -0.15) is 5.26 Å². The number of hydrogen-bond acceptors (Lipinski definition) is 3. The van der Waals surface area contributed by atoms with Gasteiger partial charge in [0.25, 0.3) is 5.56 Å². The minimum atomic E-state index is -0.0486. The maximum Gasteiger partial charge on any atom is 0.251 e. The van der Waals surface area contributed by atoms with E-state index in [1.165, 1.54) is 0 Å². The fraction of sp³-hybridized carbons (Fsp3) is 0.0870. The van der Waals surface area contributed by atoms with E-state index in [4.69, 9.17) is 5.26 Å². The lowest BCUT2D eigenvalue weighted by Crippen LogP contribution is -2.20. The fourth-order valence-corrected chi connectivity index (χ4v) is 3.13. The SMILES string of the molecule is N#Cc1ccc(Cn2cncc2Cn2ccc(-c3ccccc3)cc2=O)cc1. The molecule has 0 fully saturated rings. The first-order valence-electron chi connectivity index (χ1n) is 8.97. The Morgan fingerprint density at radius 1 is 0.893 bits per heavy atom. The van der Waals surface area contributed by atoms with Crippen LogP contribution in [0.3, 0.4) is 0 Å². The van der Waals surface area contributed by atoms with Crippen LogP contribution in [0.4, 0.5) is 0 Å². The van der Waals surface area contributed by atoms with E-state index in [-0.39, 0.29) is 5.56 Å². The minimum Gasteiger partial charge on any atom is -0.328 e. The van der Waals surface area contributed by atoms with Gasteiger partial charge in [-0.1, -0.05) is 42.5 Å². The zero-order chi connectivity index (χ0) is 19.3. The third-order valence-corrected chi connectivity index (χ3v) is 4.67. The molecule has 0 atom stereocenters. The molecule has 2 aromatic carbocycles. The smallest absolute Gasteiger partial charge is 0.251 e. The summed E-state index contributed by atoms with van der Waals surface area (Å²) in [6, 6.07) is 23.1. The highest BCUT2D eigenvalue weighted by atomic mass is 16.1. The highest BCUT2D eigenvalue weighted by Crippen LogP contribution is 2.16. The lowest BCUT2D eigenvalue weighted by atomic mass is 10.1. The van der Waals surface area contributed by atoms with E-state index in [1.54, 1.807) is 35.3 Å². The lowest BCUT2D eigenvalue weighted by molar-refractivity contribution is 0.671. The molecule has 0 amide bonds. The second-order valence-electron chi connectivity index (χ2n) is 6.57. The van der Waals surface area contributed by atoms with Crippen molar-refractivity contribution in [2.24, 2.45) is 0 Å². The van der Waals surface area contributed by atoms with Crippen molar-refractivity contribution in [3.8, 4) is 17.2 Å². The molecule has 0 spiro atoms. The molecule has 5 heteroatoms. The van der Waals surface area contributed by atoms with Gasteiger partial charge in [-0.05, 0) is 34.9 Å². The van der Waals surface area contributed by atoms with Crippen LogP contribution in [0.15, 0.2) is 90.2 Å². The molecule has 0 saturated carbocycles. The number of pyridine rings is 1. The molecule has 0 unspecified atom stereocenters. The maximum absolute atomic E-state index is 12.6. The molecule has 0 radical (unpaired) electrons. The quantitative estimate of drug-likeness (QED) is 0.541. The highest BCUT2D eigenvalue weighted by molar-refractivity contribution is 5.62. The first-order chi connectivity index (χ1) is 13.7. The molecular formula is C23H18N4O. The molecule has 0 aliphatic heterocycles. The van der Waals surface area contributed by atoms with Crippen molar-refractivity contribution < 1.29 is 0 Å². The first kappa shape index (κ1) is 17.5. The van der Waals surface area contributed by atoms with E-state index in [0.29, 0.717) is 18.7 Å². The highest BCUT2D eigenvalue weighted by Gasteiger charge is 2.07. The van der Waals surface area contributed by atoms with Crippen LogP contribution in [0.25, 0.3) is 11.1 Å². The molecule has 0 aliphatic carbocycles. The number of rotatable bonds is 5. The van der Waals surface area contributed by atoms with Crippen molar-refractivity contribution in [1.29, 1.82) is 5.26 Å². The third-order valence-electron chi connectivity index (χ3n) is 4.67. The summed E-state index contributed by atoms with van der Waals surface area (Å²) in [4.78, 5) is 16.8. The van der Waals surface area contributed by atoms with Gasteiger partial charge in [0, 0.05) is 25.0 Å². The molecule has 2 heterocycles. The number of aromatic nitrogens is 3. The van der Waals surface area contributed by atoms with E-state index in [0.717, 1.165) is 22.4 Å². The van der Waals surface area contributed by atoms with Crippen LogP contribution in [-0.4, -0.2) is 14.1 Å².